The quantitative estimate of drug-likeness (QED) is 0.229. The van der Waals surface area contributed by atoms with Gasteiger partial charge in [-0.3, -0.25) is 9.59 Å². The van der Waals surface area contributed by atoms with Gasteiger partial charge in [0.1, 0.15) is 11.2 Å². The van der Waals surface area contributed by atoms with E-state index in [9.17, 15) is 9.59 Å². The first-order valence-electron chi connectivity index (χ1n) is 14.0. The van der Waals surface area contributed by atoms with Crippen molar-refractivity contribution in [3.63, 3.8) is 0 Å². The van der Waals surface area contributed by atoms with Crippen molar-refractivity contribution in [3.05, 3.63) is 84.2 Å². The lowest BCUT2D eigenvalue weighted by Gasteiger charge is -2.37. The number of Topliss-reactive ketones (excluding diaryl/α,β-unsaturated/α-hetero) is 2. The average Bonchev–Trinajstić information content (AvgIpc) is 3.22. The van der Waals surface area contributed by atoms with E-state index in [1.165, 1.54) is 15.0 Å². The minimum absolute atomic E-state index is 0.0855. The molecule has 2 aromatic rings. The normalized spacial score (nSPS) is 14.2. The van der Waals surface area contributed by atoms with E-state index in [1.807, 2.05) is 64.1 Å². The summed E-state index contributed by atoms with van der Waals surface area (Å²) in [6, 6.07) is 16.1. The van der Waals surface area contributed by atoms with Crippen LogP contribution >= 0.6 is 0 Å². The molecule has 0 saturated heterocycles. The van der Waals surface area contributed by atoms with Gasteiger partial charge in [0.2, 0.25) is 11.6 Å². The van der Waals surface area contributed by atoms with E-state index in [1.54, 1.807) is 42.7 Å². The fourth-order valence-corrected chi connectivity index (χ4v) is 4.59. The Hall–Kier alpha value is -3.04. The molecular formula is C31H40B4N2O6. The number of carbonyl (C=O) groups is 2. The molecule has 1 aliphatic rings. The maximum Gasteiger partial charge on any atom is 0.326 e. The number of rotatable bonds is 16. The van der Waals surface area contributed by atoms with E-state index in [4.69, 9.17) is 30.1 Å². The van der Waals surface area contributed by atoms with Gasteiger partial charge in [0.15, 0.2) is 0 Å². The van der Waals surface area contributed by atoms with Crippen molar-refractivity contribution in [2.75, 3.05) is 0 Å². The molecule has 3 rings (SSSR count). The van der Waals surface area contributed by atoms with Gasteiger partial charge in [-0.05, 0) is 77.6 Å². The van der Waals surface area contributed by atoms with Crippen molar-refractivity contribution in [3.8, 4) is 11.1 Å². The maximum atomic E-state index is 12.5. The summed E-state index contributed by atoms with van der Waals surface area (Å²) in [5.41, 5.74) is 10.7. The Morgan fingerprint density at radius 2 is 0.953 bits per heavy atom. The molecular weight excluding hydrogens is 540 g/mol. The first-order valence-corrected chi connectivity index (χ1v) is 14.0. The van der Waals surface area contributed by atoms with Gasteiger partial charge in [0.25, 0.3) is 0 Å². The summed E-state index contributed by atoms with van der Waals surface area (Å²) in [5.74, 6) is -0.830. The molecule has 8 nitrogen and oxygen atoms in total. The van der Waals surface area contributed by atoms with Crippen LogP contribution in [0.2, 0.25) is 0 Å². The standard InChI is InChI=1S/C31H40B4N2O6/c1-19(36)25(38)27(3,4)40-32-29(7,8)42-34-31(23-17-13-11-15-21(23)22-16-12-14-18-24(22)31)35-43-30(9,10)33-41-28(5,6)26(39)20(2)37/h11-18H,1-2,36-37H2,3-10H3. The molecule has 43 heavy (non-hydrogen) atoms. The highest BCUT2D eigenvalue weighted by atomic mass is 16.5. The van der Waals surface area contributed by atoms with E-state index in [-0.39, 0.29) is 11.4 Å². The molecule has 4 radical (unpaired) electrons. The first kappa shape index (κ1) is 34.4. The lowest BCUT2D eigenvalue weighted by molar-refractivity contribution is -0.128. The Balaban J connectivity index is 1.89. The third kappa shape index (κ3) is 7.73. The van der Waals surface area contributed by atoms with Crippen LogP contribution in [0.3, 0.4) is 0 Å². The Kier molecular flexibility index (Phi) is 10.0. The smallest absolute Gasteiger partial charge is 0.326 e. The third-order valence-corrected chi connectivity index (χ3v) is 7.08. The van der Waals surface area contributed by atoms with Crippen LogP contribution in [0, 0.1) is 0 Å². The number of ketones is 2. The molecule has 0 aromatic heterocycles. The maximum absolute atomic E-state index is 12.5. The van der Waals surface area contributed by atoms with Gasteiger partial charge in [0, 0.05) is 16.2 Å². The van der Waals surface area contributed by atoms with E-state index in [0.29, 0.717) is 0 Å². The molecule has 0 fully saturated rings. The largest absolute Gasteiger partial charge is 0.439 e. The van der Waals surface area contributed by atoms with Gasteiger partial charge >= 0.3 is 29.9 Å². The minimum Gasteiger partial charge on any atom is -0.439 e. The summed E-state index contributed by atoms with van der Waals surface area (Å²) in [7, 11) is 6.39. The van der Waals surface area contributed by atoms with Crippen LogP contribution in [0.5, 0.6) is 0 Å². The molecule has 0 bridgehead atoms. The van der Waals surface area contributed by atoms with E-state index < -0.39 is 39.0 Å². The van der Waals surface area contributed by atoms with Gasteiger partial charge in [-0.25, -0.2) is 0 Å². The highest BCUT2D eigenvalue weighted by molar-refractivity contribution is 6.59. The van der Waals surface area contributed by atoms with Crippen LogP contribution in [0.4, 0.5) is 0 Å². The van der Waals surface area contributed by atoms with Crippen molar-refractivity contribution in [2.24, 2.45) is 11.5 Å². The second-order valence-corrected chi connectivity index (χ2v) is 12.8. The van der Waals surface area contributed by atoms with Crippen LogP contribution in [0.1, 0.15) is 66.5 Å². The number of fused-ring (bicyclic) bond motifs is 3. The second kappa shape index (κ2) is 12.5. The SMILES string of the molecule is C=C(N)C(=O)C(C)(C)O[B]C(C)(C)O[B]C1([B]OC(C)(C)[B]OC(C)(C)C(=O)C(=C)N)c2ccccc2-c2ccccc21. The molecule has 0 saturated carbocycles. The van der Waals surface area contributed by atoms with Crippen molar-refractivity contribution < 1.29 is 28.2 Å². The van der Waals surface area contributed by atoms with Gasteiger partial charge in [-0.1, -0.05) is 61.7 Å². The third-order valence-electron chi connectivity index (χ3n) is 7.08. The molecule has 12 heteroatoms. The van der Waals surface area contributed by atoms with E-state index >= 15 is 0 Å². The zero-order valence-corrected chi connectivity index (χ0v) is 26.4. The average molecular weight is 580 g/mol. The van der Waals surface area contributed by atoms with Gasteiger partial charge < -0.3 is 30.1 Å². The summed E-state index contributed by atoms with van der Waals surface area (Å²) in [6.45, 7) is 20.8. The van der Waals surface area contributed by atoms with Crippen molar-refractivity contribution >= 4 is 41.5 Å². The topological polar surface area (TPSA) is 123 Å². The predicted octanol–water partition coefficient (Wildman–Crippen LogP) is 3.52. The fraction of sp³-hybridized carbons (Fsp3) is 0.419. The van der Waals surface area contributed by atoms with Crippen LogP contribution in [0.15, 0.2) is 73.1 Å². The molecule has 0 aliphatic heterocycles. The molecule has 0 heterocycles. The highest BCUT2D eigenvalue weighted by Crippen LogP contribution is 2.48. The number of hydrogen-bond donors (Lipinski definition) is 2. The summed E-state index contributed by atoms with van der Waals surface area (Å²) < 4.78 is 24.5. The first-order chi connectivity index (χ1) is 19.7. The van der Waals surface area contributed by atoms with Crippen molar-refractivity contribution in [1.29, 1.82) is 0 Å². The summed E-state index contributed by atoms with van der Waals surface area (Å²) >= 11 is 0. The Bertz CT molecular complexity index is 1300. The van der Waals surface area contributed by atoms with E-state index in [0.717, 1.165) is 22.3 Å². The molecule has 0 amide bonds. The summed E-state index contributed by atoms with van der Waals surface area (Å²) in [6.07, 6.45) is 0. The summed E-state index contributed by atoms with van der Waals surface area (Å²) in [4.78, 5) is 24.9. The molecule has 0 atom stereocenters. The number of hydrogen-bond acceptors (Lipinski definition) is 8. The Labute approximate surface area is 259 Å². The molecule has 2 aromatic carbocycles. The lowest BCUT2D eigenvalue weighted by atomic mass is 9.42. The van der Waals surface area contributed by atoms with Crippen molar-refractivity contribution in [1.82, 2.24) is 0 Å². The van der Waals surface area contributed by atoms with Crippen LogP contribution in [-0.4, -0.2) is 63.7 Å². The second-order valence-electron chi connectivity index (χ2n) is 12.8. The minimum atomic E-state index is -1.22. The van der Waals surface area contributed by atoms with Crippen molar-refractivity contribution in [2.45, 2.75) is 82.8 Å². The number of nitrogens with two attached hydrogens (primary N) is 2. The molecule has 4 N–H and O–H groups in total. The van der Waals surface area contributed by atoms with E-state index in [2.05, 4.69) is 25.3 Å². The Morgan fingerprint density at radius 1 is 0.628 bits per heavy atom. The van der Waals surface area contributed by atoms with Crippen LogP contribution in [-0.2, 0) is 33.4 Å². The predicted molar refractivity (Wildman–Crippen MR) is 173 cm³/mol. The highest BCUT2D eigenvalue weighted by Gasteiger charge is 2.49. The van der Waals surface area contributed by atoms with Crippen LogP contribution in [0.25, 0.3) is 11.1 Å². The number of benzene rings is 2. The summed E-state index contributed by atoms with van der Waals surface area (Å²) in [5, 5.41) is -0.947. The molecule has 0 spiro atoms. The fourth-order valence-electron chi connectivity index (χ4n) is 4.59. The van der Waals surface area contributed by atoms with Gasteiger partial charge in [-0.15, -0.1) is 0 Å². The number of carbonyl (C=O) groups excluding carboxylic acids is 2. The molecule has 0 unspecified atom stereocenters. The van der Waals surface area contributed by atoms with Crippen LogP contribution < -0.4 is 11.5 Å². The lowest BCUT2D eigenvalue weighted by Crippen LogP contribution is -2.51. The van der Waals surface area contributed by atoms with Gasteiger partial charge in [-0.2, -0.15) is 0 Å². The monoisotopic (exact) mass is 580 g/mol. The van der Waals surface area contributed by atoms with Gasteiger partial charge in [0.05, 0.1) is 11.4 Å². The zero-order chi connectivity index (χ0) is 32.4. The molecule has 1 aliphatic carbocycles. The Morgan fingerprint density at radius 3 is 1.28 bits per heavy atom. The molecule has 222 valence electrons. The zero-order valence-electron chi connectivity index (χ0n) is 26.4.